The van der Waals surface area contributed by atoms with Gasteiger partial charge in [-0.25, -0.2) is 15.0 Å². The van der Waals surface area contributed by atoms with Gasteiger partial charge in [-0.3, -0.25) is 0 Å². The zero-order valence-corrected chi connectivity index (χ0v) is 12.3. The van der Waals surface area contributed by atoms with Crippen molar-refractivity contribution in [3.8, 4) is 22.8 Å². The van der Waals surface area contributed by atoms with E-state index in [1.165, 1.54) is 12.5 Å². The maximum absolute atomic E-state index is 12.2. The van der Waals surface area contributed by atoms with Gasteiger partial charge in [0, 0.05) is 18.8 Å². The van der Waals surface area contributed by atoms with Crippen LogP contribution in [0.2, 0.25) is 0 Å². The average Bonchev–Trinajstić information content (AvgIpc) is 3.09. The van der Waals surface area contributed by atoms with Gasteiger partial charge in [0.25, 0.3) is 0 Å². The van der Waals surface area contributed by atoms with E-state index in [2.05, 4.69) is 25.4 Å². The smallest absolute Gasteiger partial charge is 0.364 e. The second-order valence-electron chi connectivity index (χ2n) is 4.85. The molecule has 0 saturated carbocycles. The molecule has 6 nitrogen and oxygen atoms in total. The number of rotatable bonds is 5. The molecule has 0 spiro atoms. The van der Waals surface area contributed by atoms with Gasteiger partial charge < -0.3 is 9.84 Å². The van der Waals surface area contributed by atoms with E-state index in [1.54, 1.807) is 30.3 Å². The Bertz CT molecular complexity index is 805. The fourth-order valence-corrected chi connectivity index (χ4v) is 1.97. The standard InChI is InChI=1S/C15H12F3N5O/c16-15(17,18)6-8-20-14-19-7-4-12(22-14)10-2-1-3-11(21-10)13-5-9-24-23-13/h1-5,7,9H,6,8H2,(H,19,20,22). The molecule has 24 heavy (non-hydrogen) atoms. The minimum absolute atomic E-state index is 0.116. The quantitative estimate of drug-likeness (QED) is 0.768. The molecule has 3 aromatic rings. The Labute approximate surface area is 134 Å². The molecule has 0 aliphatic rings. The third kappa shape index (κ3) is 4.06. The molecule has 0 aliphatic heterocycles. The minimum atomic E-state index is -4.22. The van der Waals surface area contributed by atoms with Gasteiger partial charge in [0.15, 0.2) is 0 Å². The highest BCUT2D eigenvalue weighted by molar-refractivity contribution is 5.61. The van der Waals surface area contributed by atoms with Crippen LogP contribution in [-0.4, -0.2) is 32.8 Å². The molecular formula is C15H12F3N5O. The van der Waals surface area contributed by atoms with Crippen LogP contribution in [0.3, 0.4) is 0 Å². The summed E-state index contributed by atoms with van der Waals surface area (Å²) in [6.07, 6.45) is -2.28. The summed E-state index contributed by atoms with van der Waals surface area (Å²) in [5, 5.41) is 6.37. The lowest BCUT2D eigenvalue weighted by atomic mass is 10.2. The summed E-state index contributed by atoms with van der Waals surface area (Å²) in [6, 6.07) is 8.60. The summed E-state index contributed by atoms with van der Waals surface area (Å²) < 4.78 is 41.3. The Morgan fingerprint density at radius 2 is 1.71 bits per heavy atom. The first-order valence-corrected chi connectivity index (χ1v) is 7.03. The third-order valence-electron chi connectivity index (χ3n) is 3.06. The fourth-order valence-electron chi connectivity index (χ4n) is 1.97. The molecule has 0 aliphatic carbocycles. The molecule has 0 saturated heterocycles. The summed E-state index contributed by atoms with van der Waals surface area (Å²) in [7, 11) is 0. The molecule has 0 aromatic carbocycles. The maximum atomic E-state index is 12.2. The molecule has 0 bridgehead atoms. The van der Waals surface area contributed by atoms with E-state index in [0.29, 0.717) is 22.8 Å². The summed E-state index contributed by atoms with van der Waals surface area (Å²) in [4.78, 5) is 12.5. The molecule has 3 rings (SSSR count). The number of hydrogen-bond acceptors (Lipinski definition) is 6. The van der Waals surface area contributed by atoms with E-state index in [9.17, 15) is 13.2 Å². The maximum Gasteiger partial charge on any atom is 0.390 e. The topological polar surface area (TPSA) is 76.7 Å². The minimum Gasteiger partial charge on any atom is -0.364 e. The van der Waals surface area contributed by atoms with Gasteiger partial charge in [-0.15, -0.1) is 0 Å². The van der Waals surface area contributed by atoms with Crippen molar-refractivity contribution in [2.24, 2.45) is 0 Å². The molecule has 124 valence electrons. The van der Waals surface area contributed by atoms with Crippen molar-refractivity contribution in [3.63, 3.8) is 0 Å². The average molecular weight is 335 g/mol. The first-order valence-electron chi connectivity index (χ1n) is 7.03. The summed E-state index contributed by atoms with van der Waals surface area (Å²) >= 11 is 0. The lowest BCUT2D eigenvalue weighted by molar-refractivity contribution is -0.131. The van der Waals surface area contributed by atoms with Crippen molar-refractivity contribution in [1.82, 2.24) is 20.1 Å². The molecule has 0 amide bonds. The number of pyridine rings is 1. The monoisotopic (exact) mass is 335 g/mol. The largest absolute Gasteiger partial charge is 0.390 e. The number of halogens is 3. The van der Waals surface area contributed by atoms with E-state index >= 15 is 0 Å². The third-order valence-corrected chi connectivity index (χ3v) is 3.06. The van der Waals surface area contributed by atoms with Crippen LogP contribution in [0.4, 0.5) is 19.1 Å². The van der Waals surface area contributed by atoms with E-state index < -0.39 is 12.6 Å². The lowest BCUT2D eigenvalue weighted by Crippen LogP contribution is -2.15. The number of anilines is 1. The van der Waals surface area contributed by atoms with Crippen molar-refractivity contribution in [3.05, 3.63) is 42.8 Å². The Balaban J connectivity index is 1.78. The van der Waals surface area contributed by atoms with Crippen LogP contribution in [0.5, 0.6) is 0 Å². The number of alkyl halides is 3. The molecule has 0 unspecified atom stereocenters. The van der Waals surface area contributed by atoms with Crippen LogP contribution < -0.4 is 5.32 Å². The zero-order valence-electron chi connectivity index (χ0n) is 12.3. The highest BCUT2D eigenvalue weighted by Crippen LogP contribution is 2.21. The van der Waals surface area contributed by atoms with Crippen LogP contribution >= 0.6 is 0 Å². The van der Waals surface area contributed by atoms with E-state index in [1.807, 2.05) is 0 Å². The number of nitrogens with zero attached hydrogens (tertiary/aromatic N) is 4. The highest BCUT2D eigenvalue weighted by Gasteiger charge is 2.26. The molecular weight excluding hydrogens is 323 g/mol. The van der Waals surface area contributed by atoms with Gasteiger partial charge in [-0.2, -0.15) is 13.2 Å². The first kappa shape index (κ1) is 15.9. The molecule has 0 atom stereocenters. The summed E-state index contributed by atoms with van der Waals surface area (Å²) in [5.41, 5.74) is 2.22. The van der Waals surface area contributed by atoms with Crippen molar-refractivity contribution in [2.45, 2.75) is 12.6 Å². The summed E-state index contributed by atoms with van der Waals surface area (Å²) in [6.45, 7) is -0.292. The predicted octanol–water partition coefficient (Wildman–Crippen LogP) is 3.56. The van der Waals surface area contributed by atoms with Gasteiger partial charge in [0.2, 0.25) is 5.95 Å². The van der Waals surface area contributed by atoms with Crippen LogP contribution in [0.1, 0.15) is 6.42 Å². The van der Waals surface area contributed by atoms with Crippen LogP contribution in [-0.2, 0) is 0 Å². The number of nitrogens with one attached hydrogen (secondary N) is 1. The van der Waals surface area contributed by atoms with Gasteiger partial charge in [0.1, 0.15) is 12.0 Å². The molecule has 3 heterocycles. The molecule has 1 N–H and O–H groups in total. The lowest BCUT2D eigenvalue weighted by Gasteiger charge is -2.08. The van der Waals surface area contributed by atoms with E-state index in [4.69, 9.17) is 4.52 Å². The normalized spacial score (nSPS) is 11.5. The second kappa shape index (κ2) is 6.65. The van der Waals surface area contributed by atoms with Gasteiger partial charge in [-0.05, 0) is 18.2 Å². The van der Waals surface area contributed by atoms with E-state index in [-0.39, 0.29) is 12.5 Å². The number of aromatic nitrogens is 4. The molecule has 0 fully saturated rings. The fraction of sp³-hybridized carbons (Fsp3) is 0.200. The first-order chi connectivity index (χ1) is 11.5. The molecule has 3 aromatic heterocycles. The Morgan fingerprint density at radius 3 is 2.42 bits per heavy atom. The second-order valence-corrected chi connectivity index (χ2v) is 4.85. The van der Waals surface area contributed by atoms with Crippen molar-refractivity contribution < 1.29 is 17.7 Å². The van der Waals surface area contributed by atoms with Crippen LogP contribution in [0, 0.1) is 0 Å². The van der Waals surface area contributed by atoms with Crippen molar-refractivity contribution in [2.75, 3.05) is 11.9 Å². The predicted molar refractivity (Wildman–Crippen MR) is 79.9 cm³/mol. The number of hydrogen-bond donors (Lipinski definition) is 1. The SMILES string of the molecule is FC(F)(F)CCNc1nccc(-c2cccc(-c3ccon3)n2)n1. The van der Waals surface area contributed by atoms with Crippen LogP contribution in [0.15, 0.2) is 47.3 Å². The Kier molecular flexibility index (Phi) is 4.41. The van der Waals surface area contributed by atoms with Crippen LogP contribution in [0.25, 0.3) is 22.8 Å². The highest BCUT2D eigenvalue weighted by atomic mass is 19.4. The van der Waals surface area contributed by atoms with Gasteiger partial charge in [-0.1, -0.05) is 11.2 Å². The Hall–Kier alpha value is -2.97. The molecule has 9 heteroatoms. The van der Waals surface area contributed by atoms with Gasteiger partial charge >= 0.3 is 6.18 Å². The van der Waals surface area contributed by atoms with Gasteiger partial charge in [0.05, 0.1) is 23.5 Å². The van der Waals surface area contributed by atoms with E-state index in [0.717, 1.165) is 0 Å². The van der Waals surface area contributed by atoms with Crippen molar-refractivity contribution in [1.29, 1.82) is 0 Å². The van der Waals surface area contributed by atoms with Crippen molar-refractivity contribution >= 4 is 5.95 Å². The summed E-state index contributed by atoms with van der Waals surface area (Å²) in [5.74, 6) is 0.116. The molecule has 0 radical (unpaired) electrons. The zero-order chi connectivity index (χ0) is 17.0. The Morgan fingerprint density at radius 1 is 0.958 bits per heavy atom.